The summed E-state index contributed by atoms with van der Waals surface area (Å²) in [6.45, 7) is 11.6. The number of guanidine groups is 1. The van der Waals surface area contributed by atoms with Crippen molar-refractivity contribution in [3.63, 3.8) is 0 Å². The average Bonchev–Trinajstić information content (AvgIpc) is 2.54. The van der Waals surface area contributed by atoms with Crippen LogP contribution in [0.3, 0.4) is 0 Å². The SMILES string of the molecule is CC(C)CNC(N)=NCc1ccccc1CN1CCC(C)CC1. The second-order valence-electron chi connectivity index (χ2n) is 7.20. The van der Waals surface area contributed by atoms with Crippen molar-refractivity contribution in [3.05, 3.63) is 35.4 Å². The van der Waals surface area contributed by atoms with Gasteiger partial charge in [0.05, 0.1) is 6.54 Å². The van der Waals surface area contributed by atoms with Crippen LogP contribution >= 0.6 is 0 Å². The number of nitrogens with two attached hydrogens (primary N) is 1. The Morgan fingerprint density at radius 1 is 1.26 bits per heavy atom. The summed E-state index contributed by atoms with van der Waals surface area (Å²) in [6.07, 6.45) is 2.62. The lowest BCUT2D eigenvalue weighted by atomic mass is 9.98. The third-order valence-corrected chi connectivity index (χ3v) is 4.50. The molecule has 128 valence electrons. The maximum Gasteiger partial charge on any atom is 0.188 e. The molecule has 1 fully saturated rings. The van der Waals surface area contributed by atoms with Crippen molar-refractivity contribution in [1.82, 2.24) is 10.2 Å². The topological polar surface area (TPSA) is 53.6 Å². The summed E-state index contributed by atoms with van der Waals surface area (Å²) in [7, 11) is 0. The van der Waals surface area contributed by atoms with Crippen molar-refractivity contribution in [2.45, 2.75) is 46.7 Å². The van der Waals surface area contributed by atoms with E-state index in [2.05, 4.69) is 60.2 Å². The first-order valence-electron chi connectivity index (χ1n) is 8.87. The van der Waals surface area contributed by atoms with Crippen molar-refractivity contribution in [1.29, 1.82) is 0 Å². The first kappa shape index (κ1) is 17.8. The Morgan fingerprint density at radius 2 is 1.91 bits per heavy atom. The Bertz CT molecular complexity index is 502. The molecule has 2 rings (SSSR count). The van der Waals surface area contributed by atoms with Crippen LogP contribution in [0.4, 0.5) is 0 Å². The van der Waals surface area contributed by atoms with E-state index in [0.29, 0.717) is 18.4 Å². The lowest BCUT2D eigenvalue weighted by Gasteiger charge is -2.30. The van der Waals surface area contributed by atoms with Crippen LogP contribution in [0.2, 0.25) is 0 Å². The summed E-state index contributed by atoms with van der Waals surface area (Å²) in [5.74, 6) is 1.98. The molecule has 1 aliphatic heterocycles. The average molecular weight is 316 g/mol. The van der Waals surface area contributed by atoms with E-state index in [9.17, 15) is 0 Å². The molecule has 1 aliphatic rings. The molecule has 23 heavy (non-hydrogen) atoms. The largest absolute Gasteiger partial charge is 0.370 e. The van der Waals surface area contributed by atoms with Crippen molar-refractivity contribution in [3.8, 4) is 0 Å². The van der Waals surface area contributed by atoms with Crippen LogP contribution < -0.4 is 11.1 Å². The van der Waals surface area contributed by atoms with Crippen molar-refractivity contribution < 1.29 is 0 Å². The smallest absolute Gasteiger partial charge is 0.188 e. The van der Waals surface area contributed by atoms with Gasteiger partial charge in [-0.3, -0.25) is 4.90 Å². The maximum absolute atomic E-state index is 5.95. The number of hydrogen-bond donors (Lipinski definition) is 2. The summed E-state index contributed by atoms with van der Waals surface area (Å²) < 4.78 is 0. The highest BCUT2D eigenvalue weighted by molar-refractivity contribution is 5.77. The second-order valence-corrected chi connectivity index (χ2v) is 7.20. The molecule has 4 nitrogen and oxygen atoms in total. The number of nitrogens with zero attached hydrogens (tertiary/aromatic N) is 2. The molecule has 0 unspecified atom stereocenters. The number of benzene rings is 1. The van der Waals surface area contributed by atoms with Gasteiger partial charge in [0.2, 0.25) is 0 Å². The van der Waals surface area contributed by atoms with E-state index in [0.717, 1.165) is 19.0 Å². The van der Waals surface area contributed by atoms with Crippen molar-refractivity contribution >= 4 is 5.96 Å². The fraction of sp³-hybridized carbons (Fsp3) is 0.632. The lowest BCUT2D eigenvalue weighted by Crippen LogP contribution is -2.34. The molecule has 0 amide bonds. The fourth-order valence-corrected chi connectivity index (χ4v) is 2.86. The minimum Gasteiger partial charge on any atom is -0.370 e. The quantitative estimate of drug-likeness (QED) is 0.626. The van der Waals surface area contributed by atoms with Gasteiger partial charge in [-0.05, 0) is 48.9 Å². The summed E-state index contributed by atoms with van der Waals surface area (Å²) in [4.78, 5) is 7.06. The zero-order chi connectivity index (χ0) is 16.7. The first-order valence-corrected chi connectivity index (χ1v) is 8.87. The maximum atomic E-state index is 5.95. The number of nitrogens with one attached hydrogen (secondary N) is 1. The van der Waals surface area contributed by atoms with E-state index < -0.39 is 0 Å². The monoisotopic (exact) mass is 316 g/mol. The standard InChI is InChI=1S/C19H32N4/c1-15(2)12-21-19(20)22-13-17-6-4-5-7-18(17)14-23-10-8-16(3)9-11-23/h4-7,15-16H,8-14H2,1-3H3,(H3,20,21,22). The highest BCUT2D eigenvalue weighted by Gasteiger charge is 2.16. The predicted octanol–water partition coefficient (Wildman–Crippen LogP) is 2.98. The number of hydrogen-bond acceptors (Lipinski definition) is 2. The minimum atomic E-state index is 0.542. The van der Waals surface area contributed by atoms with E-state index in [1.165, 1.54) is 37.1 Å². The first-order chi connectivity index (χ1) is 11.0. The van der Waals surface area contributed by atoms with Crippen molar-refractivity contribution in [2.75, 3.05) is 19.6 Å². The van der Waals surface area contributed by atoms with Gasteiger partial charge in [0.1, 0.15) is 0 Å². The Morgan fingerprint density at radius 3 is 2.57 bits per heavy atom. The Labute approximate surface area is 141 Å². The van der Waals surface area contributed by atoms with Crippen LogP contribution in [-0.4, -0.2) is 30.5 Å². The molecule has 0 spiro atoms. The van der Waals surface area contributed by atoms with Gasteiger partial charge >= 0.3 is 0 Å². The molecule has 4 heteroatoms. The summed E-state index contributed by atoms with van der Waals surface area (Å²) in [6, 6.07) is 8.60. The third kappa shape index (κ3) is 6.22. The van der Waals surface area contributed by atoms with Gasteiger partial charge in [0.15, 0.2) is 5.96 Å². The fourth-order valence-electron chi connectivity index (χ4n) is 2.86. The van der Waals surface area contributed by atoms with Gasteiger partial charge in [-0.25, -0.2) is 4.99 Å². The van der Waals surface area contributed by atoms with Gasteiger partial charge in [-0.1, -0.05) is 45.0 Å². The predicted molar refractivity (Wildman–Crippen MR) is 98.3 cm³/mol. The van der Waals surface area contributed by atoms with Crippen LogP contribution in [-0.2, 0) is 13.1 Å². The molecule has 0 aromatic heterocycles. The molecule has 1 aromatic carbocycles. The number of piperidine rings is 1. The van der Waals surface area contributed by atoms with Crippen LogP contribution in [0, 0.1) is 11.8 Å². The molecule has 1 saturated heterocycles. The zero-order valence-corrected chi connectivity index (χ0v) is 14.9. The molecule has 3 N–H and O–H groups in total. The lowest BCUT2D eigenvalue weighted by molar-refractivity contribution is 0.185. The highest BCUT2D eigenvalue weighted by atomic mass is 15.1. The van der Waals surface area contributed by atoms with Gasteiger partial charge in [0.25, 0.3) is 0 Å². The van der Waals surface area contributed by atoms with E-state index in [-0.39, 0.29) is 0 Å². The molecule has 0 aliphatic carbocycles. The van der Waals surface area contributed by atoms with E-state index >= 15 is 0 Å². The molecule has 0 saturated carbocycles. The number of rotatable bonds is 6. The van der Waals surface area contributed by atoms with Crippen LogP contribution in [0.1, 0.15) is 44.7 Å². The van der Waals surface area contributed by atoms with Gasteiger partial charge in [0, 0.05) is 13.1 Å². The summed E-state index contributed by atoms with van der Waals surface area (Å²) >= 11 is 0. The number of likely N-dealkylation sites (tertiary alicyclic amines) is 1. The van der Waals surface area contributed by atoms with E-state index in [1.54, 1.807) is 0 Å². The van der Waals surface area contributed by atoms with Crippen molar-refractivity contribution in [2.24, 2.45) is 22.6 Å². The van der Waals surface area contributed by atoms with Gasteiger partial charge < -0.3 is 11.1 Å². The van der Waals surface area contributed by atoms with E-state index in [4.69, 9.17) is 5.73 Å². The molecular weight excluding hydrogens is 284 g/mol. The Kier molecular flexibility index (Phi) is 6.90. The van der Waals surface area contributed by atoms with Crippen LogP contribution in [0.25, 0.3) is 0 Å². The normalized spacial score (nSPS) is 17.7. The third-order valence-electron chi connectivity index (χ3n) is 4.50. The molecule has 0 radical (unpaired) electrons. The minimum absolute atomic E-state index is 0.542. The Balaban J connectivity index is 1.93. The second kappa shape index (κ2) is 8.92. The van der Waals surface area contributed by atoms with Crippen LogP contribution in [0.15, 0.2) is 29.3 Å². The zero-order valence-electron chi connectivity index (χ0n) is 14.9. The Hall–Kier alpha value is -1.55. The molecule has 0 atom stereocenters. The molecular formula is C19H32N4. The van der Waals surface area contributed by atoms with Gasteiger partial charge in [-0.2, -0.15) is 0 Å². The highest BCUT2D eigenvalue weighted by Crippen LogP contribution is 2.20. The van der Waals surface area contributed by atoms with E-state index in [1.807, 2.05) is 0 Å². The molecule has 1 aromatic rings. The summed E-state index contributed by atoms with van der Waals surface area (Å²) in [5, 5.41) is 3.18. The molecule has 0 bridgehead atoms. The number of aliphatic imine (C=N–C) groups is 1. The molecule has 1 heterocycles. The van der Waals surface area contributed by atoms with Crippen LogP contribution in [0.5, 0.6) is 0 Å². The van der Waals surface area contributed by atoms with Gasteiger partial charge in [-0.15, -0.1) is 0 Å². The summed E-state index contributed by atoms with van der Waals surface area (Å²) in [5.41, 5.74) is 8.60.